The maximum absolute atomic E-state index is 6.24. The third-order valence-corrected chi connectivity index (χ3v) is 6.64. The van der Waals surface area contributed by atoms with E-state index in [2.05, 4.69) is 44.8 Å². The summed E-state index contributed by atoms with van der Waals surface area (Å²) >= 11 is 5.73. The summed E-state index contributed by atoms with van der Waals surface area (Å²) in [6.45, 7) is 8.98. The van der Waals surface area contributed by atoms with Crippen LogP contribution in [0.5, 0.6) is 0 Å². The zero-order valence-electron chi connectivity index (χ0n) is 12.2. The fourth-order valence-electron chi connectivity index (χ4n) is 1.41. The predicted octanol–water partition coefficient (Wildman–Crippen LogP) is 5.41. The van der Waals surface area contributed by atoms with E-state index in [4.69, 9.17) is 16.0 Å². The van der Waals surface area contributed by atoms with E-state index in [0.717, 1.165) is 5.02 Å². The predicted molar refractivity (Wildman–Crippen MR) is 89.3 cm³/mol. The van der Waals surface area contributed by atoms with Gasteiger partial charge in [-0.1, -0.05) is 0 Å². The van der Waals surface area contributed by atoms with Gasteiger partial charge >= 0.3 is 134 Å². The molecule has 0 aliphatic heterocycles. The monoisotopic (exact) mass is 412 g/mol. The van der Waals surface area contributed by atoms with Gasteiger partial charge < -0.3 is 0 Å². The molecule has 0 aliphatic carbocycles. The van der Waals surface area contributed by atoms with Gasteiger partial charge in [0.15, 0.2) is 0 Å². The van der Waals surface area contributed by atoms with E-state index in [1.165, 1.54) is 26.7 Å². The Labute approximate surface area is 133 Å². The van der Waals surface area contributed by atoms with Gasteiger partial charge in [0.2, 0.25) is 0 Å². The van der Waals surface area contributed by atoms with Gasteiger partial charge in [0.25, 0.3) is 0 Å². The summed E-state index contributed by atoms with van der Waals surface area (Å²) in [5.74, 6) is 0. The number of halogens is 1. The molecule has 0 bridgehead atoms. The zero-order valence-corrected chi connectivity index (χ0v) is 16.3. The molecule has 1 rings (SSSR count). The van der Waals surface area contributed by atoms with Crippen molar-refractivity contribution in [3.8, 4) is 0 Å². The third kappa shape index (κ3) is 8.04. The molecule has 0 fully saturated rings. The van der Waals surface area contributed by atoms with Crippen LogP contribution in [0.15, 0.2) is 28.1 Å². The van der Waals surface area contributed by atoms with Crippen LogP contribution >= 0.6 is 11.6 Å². The zero-order chi connectivity index (χ0) is 14.3. The SMILES string of the molecule is CCCC[Te]/C(=C\c1ccc(Cl)cc1)O[Si](C)(C)C. The van der Waals surface area contributed by atoms with Gasteiger partial charge in [-0.05, 0) is 0 Å². The van der Waals surface area contributed by atoms with E-state index in [0.29, 0.717) is 0 Å². The summed E-state index contributed by atoms with van der Waals surface area (Å²) in [6, 6.07) is 7.99. The van der Waals surface area contributed by atoms with Crippen molar-refractivity contribution in [1.82, 2.24) is 0 Å². The van der Waals surface area contributed by atoms with Gasteiger partial charge in [0.05, 0.1) is 0 Å². The van der Waals surface area contributed by atoms with Gasteiger partial charge in [-0.15, -0.1) is 0 Å². The van der Waals surface area contributed by atoms with Crippen molar-refractivity contribution >= 4 is 46.9 Å². The summed E-state index contributed by atoms with van der Waals surface area (Å²) in [5, 5.41) is 0.784. The Bertz CT molecular complexity index is 409. The fraction of sp³-hybridized carbons (Fsp3) is 0.467. The molecule has 0 N–H and O–H groups in total. The Kier molecular flexibility index (Phi) is 7.53. The summed E-state index contributed by atoms with van der Waals surface area (Å²) in [4.78, 5) is 0. The summed E-state index contributed by atoms with van der Waals surface area (Å²) in [5.41, 5.74) is 1.19. The fourth-order valence-corrected chi connectivity index (χ4v) is 7.34. The first-order valence-corrected chi connectivity index (χ1v) is 13.3. The van der Waals surface area contributed by atoms with E-state index < -0.39 is 8.32 Å². The van der Waals surface area contributed by atoms with E-state index in [-0.39, 0.29) is 20.9 Å². The molecule has 0 heterocycles. The molecule has 0 aromatic heterocycles. The second kappa shape index (κ2) is 8.37. The van der Waals surface area contributed by atoms with E-state index in [1.807, 2.05) is 12.1 Å². The quantitative estimate of drug-likeness (QED) is 0.332. The first-order chi connectivity index (χ1) is 8.90. The van der Waals surface area contributed by atoms with Gasteiger partial charge in [0, 0.05) is 0 Å². The molecule has 0 saturated heterocycles. The normalized spacial score (nSPS) is 12.6. The Morgan fingerprint density at radius 2 is 1.89 bits per heavy atom. The van der Waals surface area contributed by atoms with Crippen molar-refractivity contribution in [1.29, 1.82) is 0 Å². The van der Waals surface area contributed by atoms with Crippen LogP contribution in [0.1, 0.15) is 25.3 Å². The van der Waals surface area contributed by atoms with Crippen molar-refractivity contribution in [2.24, 2.45) is 0 Å². The number of rotatable bonds is 7. The Balaban J connectivity index is 2.78. The van der Waals surface area contributed by atoms with Gasteiger partial charge in [-0.3, -0.25) is 0 Å². The van der Waals surface area contributed by atoms with Gasteiger partial charge in [-0.25, -0.2) is 0 Å². The summed E-state index contributed by atoms with van der Waals surface area (Å²) < 4.78 is 8.82. The Hall–Kier alpha value is 0.0565. The molecule has 0 amide bonds. The number of hydrogen-bond acceptors (Lipinski definition) is 1. The van der Waals surface area contributed by atoms with Crippen LogP contribution < -0.4 is 0 Å². The Morgan fingerprint density at radius 1 is 1.26 bits per heavy atom. The number of unbranched alkanes of at least 4 members (excludes halogenated alkanes) is 1. The van der Waals surface area contributed by atoms with Crippen LogP contribution in [0.4, 0.5) is 0 Å². The molecule has 1 nitrogen and oxygen atoms in total. The molecule has 0 radical (unpaired) electrons. The van der Waals surface area contributed by atoms with Crippen LogP contribution in [0.3, 0.4) is 0 Å². The molecule has 19 heavy (non-hydrogen) atoms. The first kappa shape index (κ1) is 17.1. The topological polar surface area (TPSA) is 9.23 Å². The van der Waals surface area contributed by atoms with Crippen molar-refractivity contribution < 1.29 is 4.43 Å². The Morgan fingerprint density at radius 3 is 2.42 bits per heavy atom. The van der Waals surface area contributed by atoms with Crippen molar-refractivity contribution in [3.63, 3.8) is 0 Å². The summed E-state index contributed by atoms with van der Waals surface area (Å²) in [6.07, 6.45) is 4.80. The molecular weight excluding hydrogens is 387 g/mol. The molecule has 0 saturated carbocycles. The molecule has 0 atom stereocenters. The van der Waals surface area contributed by atoms with Crippen LogP contribution in [-0.2, 0) is 4.43 Å². The number of benzene rings is 1. The molecule has 0 unspecified atom stereocenters. The maximum atomic E-state index is 6.24. The molecule has 0 spiro atoms. The average Bonchev–Trinajstić information content (AvgIpc) is 2.30. The molecule has 1 aromatic rings. The molecule has 106 valence electrons. The van der Waals surface area contributed by atoms with Crippen LogP contribution in [-0.4, -0.2) is 29.2 Å². The minimum atomic E-state index is -1.51. The third-order valence-electron chi connectivity index (χ3n) is 2.30. The van der Waals surface area contributed by atoms with Gasteiger partial charge in [0.1, 0.15) is 0 Å². The molecule has 0 aliphatic rings. The van der Waals surface area contributed by atoms with Crippen molar-refractivity contribution in [3.05, 3.63) is 38.7 Å². The second-order valence-electron chi connectivity index (χ2n) is 5.43. The molecule has 4 heteroatoms. The van der Waals surface area contributed by atoms with Crippen molar-refractivity contribution in [2.45, 2.75) is 43.9 Å². The van der Waals surface area contributed by atoms with E-state index >= 15 is 0 Å². The van der Waals surface area contributed by atoms with Crippen molar-refractivity contribution in [2.75, 3.05) is 0 Å². The number of hydrogen-bond donors (Lipinski definition) is 0. The van der Waals surface area contributed by atoms with E-state index in [9.17, 15) is 0 Å². The van der Waals surface area contributed by atoms with Crippen LogP contribution in [0.2, 0.25) is 29.1 Å². The van der Waals surface area contributed by atoms with Gasteiger partial charge in [-0.2, -0.15) is 0 Å². The molecular formula is C15H23ClOSiTe. The average molecular weight is 410 g/mol. The standard InChI is InChI=1S/C15H23ClOSiTe/c1-5-6-11-19-15(17-18(2,3)4)12-13-7-9-14(16)10-8-13/h7-10,12H,5-6,11H2,1-4H3/b15-12-. The molecule has 1 aromatic carbocycles. The van der Waals surface area contributed by atoms with Crippen LogP contribution in [0.25, 0.3) is 6.08 Å². The van der Waals surface area contributed by atoms with Crippen LogP contribution in [0, 0.1) is 0 Å². The first-order valence-electron chi connectivity index (χ1n) is 6.70. The van der Waals surface area contributed by atoms with E-state index in [1.54, 1.807) is 0 Å². The minimum absolute atomic E-state index is 0.195. The second-order valence-corrected chi connectivity index (χ2v) is 13.4. The summed E-state index contributed by atoms with van der Waals surface area (Å²) in [7, 11) is -1.51.